The van der Waals surface area contributed by atoms with Crippen molar-refractivity contribution in [3.63, 3.8) is 0 Å². The van der Waals surface area contributed by atoms with Gasteiger partial charge in [-0.05, 0) is 12.1 Å². The van der Waals surface area contributed by atoms with Crippen molar-refractivity contribution in [2.75, 3.05) is 39.8 Å². The van der Waals surface area contributed by atoms with Gasteiger partial charge in [-0.15, -0.1) is 12.4 Å². The van der Waals surface area contributed by atoms with Gasteiger partial charge in [-0.1, -0.05) is 12.1 Å². The number of para-hydroxylation sites is 1. The number of hydrogen-bond donors (Lipinski definition) is 1. The average Bonchev–Trinajstić information content (AvgIpc) is 2.55. The molecule has 6 nitrogen and oxygen atoms in total. The molecular weight excluding hydrogens is 344 g/mol. The Morgan fingerprint density at radius 1 is 1.29 bits per heavy atom. The first kappa shape index (κ1) is 20.1. The van der Waals surface area contributed by atoms with Crippen LogP contribution in [-0.2, 0) is 4.79 Å². The Morgan fingerprint density at radius 3 is 2.54 bits per heavy atom. The summed E-state index contributed by atoms with van der Waals surface area (Å²) in [6.45, 7) is -0.514. The van der Waals surface area contributed by atoms with E-state index in [9.17, 15) is 18.4 Å². The van der Waals surface area contributed by atoms with Crippen LogP contribution in [0.2, 0.25) is 0 Å². The van der Waals surface area contributed by atoms with Gasteiger partial charge in [0, 0.05) is 33.2 Å². The third kappa shape index (κ3) is 5.31. The van der Waals surface area contributed by atoms with E-state index in [4.69, 9.17) is 0 Å². The van der Waals surface area contributed by atoms with Crippen LogP contribution >= 0.6 is 12.4 Å². The van der Waals surface area contributed by atoms with Crippen LogP contribution in [0.3, 0.4) is 0 Å². The van der Waals surface area contributed by atoms with Gasteiger partial charge < -0.3 is 19.9 Å². The number of benzene rings is 1. The lowest BCUT2D eigenvalue weighted by Crippen LogP contribution is -2.49. The second-order valence-electron chi connectivity index (χ2n) is 5.17. The number of alkyl halides is 2. The zero-order chi connectivity index (χ0) is 16.8. The average molecular weight is 364 g/mol. The van der Waals surface area contributed by atoms with Crippen LogP contribution in [0.25, 0.3) is 0 Å². The van der Waals surface area contributed by atoms with Crippen molar-refractivity contribution >= 4 is 24.2 Å². The highest BCUT2D eigenvalue weighted by atomic mass is 35.5. The number of likely N-dealkylation sites (N-methyl/N-ethyl adjacent to an activating group) is 1. The second-order valence-corrected chi connectivity index (χ2v) is 5.17. The zero-order valence-electron chi connectivity index (χ0n) is 13.2. The minimum atomic E-state index is -3.02. The number of amides is 2. The first-order valence-electron chi connectivity index (χ1n) is 7.27. The van der Waals surface area contributed by atoms with Gasteiger partial charge in [-0.3, -0.25) is 9.59 Å². The molecule has 0 unspecified atom stereocenters. The van der Waals surface area contributed by atoms with Crippen molar-refractivity contribution in [2.24, 2.45) is 0 Å². The molecule has 134 valence electrons. The van der Waals surface area contributed by atoms with Gasteiger partial charge in [0.05, 0.1) is 12.1 Å². The van der Waals surface area contributed by atoms with Gasteiger partial charge in [-0.2, -0.15) is 8.78 Å². The van der Waals surface area contributed by atoms with E-state index in [1.807, 2.05) is 0 Å². The highest BCUT2D eigenvalue weighted by Crippen LogP contribution is 2.21. The Labute approximate surface area is 145 Å². The van der Waals surface area contributed by atoms with Gasteiger partial charge >= 0.3 is 6.61 Å². The summed E-state index contributed by atoms with van der Waals surface area (Å²) < 4.78 is 29.2. The molecule has 1 aliphatic heterocycles. The molecule has 0 radical (unpaired) electrons. The highest BCUT2D eigenvalue weighted by Gasteiger charge is 2.23. The fourth-order valence-corrected chi connectivity index (χ4v) is 2.34. The number of hydrogen-bond acceptors (Lipinski definition) is 4. The van der Waals surface area contributed by atoms with Crippen molar-refractivity contribution in [1.29, 1.82) is 0 Å². The smallest absolute Gasteiger partial charge is 0.387 e. The van der Waals surface area contributed by atoms with Crippen LogP contribution in [0.4, 0.5) is 8.78 Å². The molecule has 2 amide bonds. The molecule has 1 N–H and O–H groups in total. The maximum Gasteiger partial charge on any atom is 0.387 e. The number of nitrogens with one attached hydrogen (secondary N) is 1. The molecule has 1 aliphatic rings. The monoisotopic (exact) mass is 363 g/mol. The Morgan fingerprint density at radius 2 is 1.92 bits per heavy atom. The van der Waals surface area contributed by atoms with Crippen molar-refractivity contribution in [1.82, 2.24) is 15.1 Å². The van der Waals surface area contributed by atoms with E-state index >= 15 is 0 Å². The zero-order valence-corrected chi connectivity index (χ0v) is 14.0. The molecule has 1 heterocycles. The minimum absolute atomic E-state index is 0. The Balaban J connectivity index is 0.00000288. The fraction of sp³-hybridized carbons (Fsp3) is 0.467. The standard InChI is InChI=1S/C15H19F2N3O3.ClH/c1-19(10-13(21)20-8-6-18-7-9-20)14(22)11-4-2-3-5-12(11)23-15(16)17;/h2-5,15,18H,6-10H2,1H3;1H. The summed E-state index contributed by atoms with van der Waals surface area (Å²) in [6, 6.07) is 5.75. The summed E-state index contributed by atoms with van der Waals surface area (Å²) in [6.07, 6.45) is 0. The van der Waals surface area contributed by atoms with Crippen LogP contribution in [0.15, 0.2) is 24.3 Å². The molecule has 24 heavy (non-hydrogen) atoms. The Hall–Kier alpha value is -1.93. The first-order chi connectivity index (χ1) is 11.0. The molecule has 0 bridgehead atoms. The number of carbonyl (C=O) groups excluding carboxylic acids is 2. The molecular formula is C15H20ClF2N3O3. The Bertz CT molecular complexity index is 569. The lowest BCUT2D eigenvalue weighted by atomic mass is 10.1. The SMILES string of the molecule is CN(CC(=O)N1CCNCC1)C(=O)c1ccccc1OC(F)F.Cl. The number of rotatable bonds is 5. The van der Waals surface area contributed by atoms with Crippen molar-refractivity contribution in [3.8, 4) is 5.75 Å². The summed E-state index contributed by atoms with van der Waals surface area (Å²) in [5, 5.41) is 3.14. The molecule has 1 fully saturated rings. The van der Waals surface area contributed by atoms with Crippen LogP contribution in [0, 0.1) is 0 Å². The van der Waals surface area contributed by atoms with E-state index in [2.05, 4.69) is 10.1 Å². The predicted octanol–water partition coefficient (Wildman–Crippen LogP) is 1.21. The number of piperazine rings is 1. The number of ether oxygens (including phenoxy) is 1. The highest BCUT2D eigenvalue weighted by molar-refractivity contribution is 5.98. The van der Waals surface area contributed by atoms with Crippen LogP contribution < -0.4 is 10.1 Å². The Kier molecular flexibility index (Phi) is 7.87. The van der Waals surface area contributed by atoms with Crippen molar-refractivity contribution < 1.29 is 23.1 Å². The molecule has 0 atom stereocenters. The lowest BCUT2D eigenvalue weighted by molar-refractivity contribution is -0.132. The molecule has 0 aromatic heterocycles. The molecule has 0 spiro atoms. The third-order valence-electron chi connectivity index (χ3n) is 3.52. The van der Waals surface area contributed by atoms with E-state index in [1.165, 1.54) is 30.1 Å². The quantitative estimate of drug-likeness (QED) is 0.854. The normalized spacial score (nSPS) is 14.1. The number of carbonyl (C=O) groups is 2. The third-order valence-corrected chi connectivity index (χ3v) is 3.52. The van der Waals surface area contributed by atoms with E-state index in [-0.39, 0.29) is 36.2 Å². The summed E-state index contributed by atoms with van der Waals surface area (Å²) in [5.74, 6) is -0.909. The molecule has 2 rings (SSSR count). The van der Waals surface area contributed by atoms with E-state index in [0.29, 0.717) is 26.2 Å². The molecule has 1 saturated heterocycles. The van der Waals surface area contributed by atoms with Gasteiger partial charge in [0.15, 0.2) is 0 Å². The molecule has 0 aliphatic carbocycles. The van der Waals surface area contributed by atoms with Crippen molar-refractivity contribution in [2.45, 2.75) is 6.61 Å². The molecule has 0 saturated carbocycles. The minimum Gasteiger partial charge on any atom is -0.434 e. The van der Waals surface area contributed by atoms with Crippen molar-refractivity contribution in [3.05, 3.63) is 29.8 Å². The van der Waals surface area contributed by atoms with Gasteiger partial charge in [-0.25, -0.2) is 0 Å². The van der Waals surface area contributed by atoms with Crippen LogP contribution in [0.5, 0.6) is 5.75 Å². The predicted molar refractivity (Wildman–Crippen MR) is 86.7 cm³/mol. The topological polar surface area (TPSA) is 61.9 Å². The van der Waals surface area contributed by atoms with Crippen LogP contribution in [-0.4, -0.2) is 68.0 Å². The van der Waals surface area contributed by atoms with E-state index < -0.39 is 12.5 Å². The van der Waals surface area contributed by atoms with E-state index in [1.54, 1.807) is 11.0 Å². The number of halogens is 3. The van der Waals surface area contributed by atoms with Gasteiger partial charge in [0.1, 0.15) is 5.75 Å². The lowest BCUT2D eigenvalue weighted by Gasteiger charge is -2.29. The summed E-state index contributed by atoms with van der Waals surface area (Å²) in [7, 11) is 1.46. The molecule has 1 aromatic rings. The molecule has 9 heteroatoms. The summed E-state index contributed by atoms with van der Waals surface area (Å²) in [4.78, 5) is 27.4. The summed E-state index contributed by atoms with van der Waals surface area (Å²) in [5.41, 5.74) is 0.00316. The van der Waals surface area contributed by atoms with E-state index in [0.717, 1.165) is 0 Å². The first-order valence-corrected chi connectivity index (χ1v) is 7.27. The summed E-state index contributed by atoms with van der Waals surface area (Å²) >= 11 is 0. The van der Waals surface area contributed by atoms with Crippen LogP contribution in [0.1, 0.15) is 10.4 Å². The fourth-order valence-electron chi connectivity index (χ4n) is 2.34. The van der Waals surface area contributed by atoms with Gasteiger partial charge in [0.2, 0.25) is 5.91 Å². The maximum absolute atomic E-state index is 12.4. The maximum atomic E-state index is 12.4. The number of nitrogens with zero attached hydrogens (tertiary/aromatic N) is 2. The van der Waals surface area contributed by atoms with Gasteiger partial charge in [0.25, 0.3) is 5.91 Å². The second kappa shape index (κ2) is 9.39. The largest absolute Gasteiger partial charge is 0.434 e. The molecule has 1 aromatic carbocycles.